The number of hydrogen-bond donors (Lipinski definition) is 0. The molecule has 1 fully saturated rings. The van der Waals surface area contributed by atoms with Crippen LogP contribution in [0.2, 0.25) is 0 Å². The van der Waals surface area contributed by atoms with Crippen LogP contribution in [0.1, 0.15) is 18.4 Å². The summed E-state index contributed by atoms with van der Waals surface area (Å²) in [6, 6.07) is 9.75. The number of Topliss-reactive ketones (excluding diaryl/α,β-unsaturated/α-hetero) is 1. The summed E-state index contributed by atoms with van der Waals surface area (Å²) in [7, 11) is 0. The quantitative estimate of drug-likeness (QED) is 0.837. The van der Waals surface area contributed by atoms with Crippen molar-refractivity contribution in [2.45, 2.75) is 31.7 Å². The van der Waals surface area contributed by atoms with E-state index in [4.69, 9.17) is 4.74 Å². The van der Waals surface area contributed by atoms with Gasteiger partial charge in [-0.15, -0.1) is 0 Å². The molecular formula is C15H18F3NO2. The molecule has 0 amide bonds. The number of rotatable bonds is 5. The zero-order chi connectivity index (χ0) is 15.3. The summed E-state index contributed by atoms with van der Waals surface area (Å²) in [5, 5.41) is 0. The third-order valence-corrected chi connectivity index (χ3v) is 3.41. The molecule has 1 aliphatic rings. The lowest BCUT2D eigenvalue weighted by atomic mass is 10.1. The molecule has 0 saturated carbocycles. The van der Waals surface area contributed by atoms with Crippen LogP contribution >= 0.6 is 0 Å². The van der Waals surface area contributed by atoms with Crippen LogP contribution in [0.3, 0.4) is 0 Å². The first-order valence-electron chi connectivity index (χ1n) is 6.91. The Morgan fingerprint density at radius 1 is 1.29 bits per heavy atom. The molecule has 0 spiro atoms. The molecule has 116 valence electrons. The van der Waals surface area contributed by atoms with Crippen LogP contribution < -0.4 is 0 Å². The Bertz CT molecular complexity index is 462. The molecule has 1 heterocycles. The van der Waals surface area contributed by atoms with E-state index in [-0.39, 0.29) is 0 Å². The summed E-state index contributed by atoms with van der Waals surface area (Å²) in [5.41, 5.74) is 1.11. The van der Waals surface area contributed by atoms with Gasteiger partial charge in [-0.25, -0.2) is 0 Å². The number of carbonyl (C=O) groups is 1. The maximum Gasteiger partial charge on any atom is 0.389 e. The van der Waals surface area contributed by atoms with E-state index in [1.54, 1.807) is 0 Å². The van der Waals surface area contributed by atoms with Crippen LogP contribution in [-0.4, -0.2) is 42.7 Å². The first-order valence-corrected chi connectivity index (χ1v) is 6.91. The van der Waals surface area contributed by atoms with Gasteiger partial charge in [-0.1, -0.05) is 30.3 Å². The third kappa shape index (κ3) is 5.47. The molecule has 0 bridgehead atoms. The Kier molecular flexibility index (Phi) is 5.36. The number of morpholine rings is 1. The first kappa shape index (κ1) is 16.0. The van der Waals surface area contributed by atoms with Gasteiger partial charge in [-0.05, 0) is 5.56 Å². The second-order valence-corrected chi connectivity index (χ2v) is 5.16. The number of hydrogen-bond acceptors (Lipinski definition) is 3. The molecule has 1 aromatic carbocycles. The molecule has 0 N–H and O–H groups in total. The van der Waals surface area contributed by atoms with Crippen LogP contribution in [0.4, 0.5) is 13.2 Å². The van der Waals surface area contributed by atoms with Gasteiger partial charge in [-0.2, -0.15) is 13.2 Å². The zero-order valence-corrected chi connectivity index (χ0v) is 11.6. The Morgan fingerprint density at radius 3 is 2.67 bits per heavy atom. The van der Waals surface area contributed by atoms with E-state index >= 15 is 0 Å². The molecule has 1 atom stereocenters. The SMILES string of the molecule is O=C(CCC(F)(F)F)C1CN(Cc2ccccc2)CCO1. The fourth-order valence-corrected chi connectivity index (χ4v) is 2.31. The molecule has 2 rings (SSSR count). The lowest BCUT2D eigenvalue weighted by molar-refractivity contribution is -0.151. The van der Waals surface area contributed by atoms with Crippen molar-refractivity contribution in [1.82, 2.24) is 4.90 Å². The van der Waals surface area contributed by atoms with E-state index in [0.29, 0.717) is 26.2 Å². The van der Waals surface area contributed by atoms with Gasteiger partial charge in [0.1, 0.15) is 6.10 Å². The van der Waals surface area contributed by atoms with Gasteiger partial charge < -0.3 is 4.74 Å². The highest BCUT2D eigenvalue weighted by atomic mass is 19.4. The summed E-state index contributed by atoms with van der Waals surface area (Å²) in [6.07, 6.45) is -6.63. The van der Waals surface area contributed by atoms with Crippen LogP contribution in [0, 0.1) is 0 Å². The average molecular weight is 301 g/mol. The predicted molar refractivity (Wildman–Crippen MR) is 71.8 cm³/mol. The van der Waals surface area contributed by atoms with Gasteiger partial charge in [0.2, 0.25) is 0 Å². The van der Waals surface area contributed by atoms with Crippen LogP contribution in [0.25, 0.3) is 0 Å². The second kappa shape index (κ2) is 7.04. The molecule has 3 nitrogen and oxygen atoms in total. The van der Waals surface area contributed by atoms with E-state index in [0.717, 1.165) is 5.56 Å². The van der Waals surface area contributed by atoms with Crippen molar-refractivity contribution >= 4 is 5.78 Å². The molecular weight excluding hydrogens is 283 g/mol. The van der Waals surface area contributed by atoms with Crippen LogP contribution in [0.5, 0.6) is 0 Å². The summed E-state index contributed by atoms with van der Waals surface area (Å²) in [4.78, 5) is 13.8. The number of alkyl halides is 3. The van der Waals surface area contributed by atoms with Crippen molar-refractivity contribution in [3.05, 3.63) is 35.9 Å². The smallest absolute Gasteiger partial charge is 0.368 e. The Labute approximate surface area is 121 Å². The van der Waals surface area contributed by atoms with Crippen molar-refractivity contribution in [2.24, 2.45) is 0 Å². The normalized spacial score (nSPS) is 20.4. The average Bonchev–Trinajstić information content (AvgIpc) is 2.45. The van der Waals surface area contributed by atoms with Gasteiger partial charge in [0.15, 0.2) is 5.78 Å². The van der Waals surface area contributed by atoms with Crippen LogP contribution in [0.15, 0.2) is 30.3 Å². The Morgan fingerprint density at radius 2 is 2.00 bits per heavy atom. The Balaban J connectivity index is 1.84. The van der Waals surface area contributed by atoms with E-state index in [2.05, 4.69) is 0 Å². The highest BCUT2D eigenvalue weighted by Crippen LogP contribution is 2.22. The monoisotopic (exact) mass is 301 g/mol. The largest absolute Gasteiger partial charge is 0.389 e. The van der Waals surface area contributed by atoms with Crippen molar-refractivity contribution in [2.75, 3.05) is 19.7 Å². The van der Waals surface area contributed by atoms with E-state index in [1.807, 2.05) is 35.2 Å². The topological polar surface area (TPSA) is 29.5 Å². The number of ether oxygens (including phenoxy) is 1. The van der Waals surface area contributed by atoms with Crippen LogP contribution in [-0.2, 0) is 16.1 Å². The molecule has 1 aliphatic heterocycles. The minimum Gasteiger partial charge on any atom is -0.368 e. The summed E-state index contributed by atoms with van der Waals surface area (Å²) in [6.45, 7) is 2.08. The van der Waals surface area contributed by atoms with Crippen molar-refractivity contribution < 1.29 is 22.7 Å². The number of carbonyl (C=O) groups excluding carboxylic acids is 1. The second-order valence-electron chi connectivity index (χ2n) is 5.16. The molecule has 0 aromatic heterocycles. The van der Waals surface area contributed by atoms with Crippen molar-refractivity contribution in [1.29, 1.82) is 0 Å². The lowest BCUT2D eigenvalue weighted by Crippen LogP contribution is -2.45. The number of nitrogens with zero attached hydrogens (tertiary/aromatic N) is 1. The fourth-order valence-electron chi connectivity index (χ4n) is 2.31. The molecule has 6 heteroatoms. The van der Waals surface area contributed by atoms with Crippen molar-refractivity contribution in [3.8, 4) is 0 Å². The van der Waals surface area contributed by atoms with Gasteiger partial charge in [0.05, 0.1) is 13.0 Å². The standard InChI is InChI=1S/C15H18F3NO2/c16-15(17,18)7-6-13(20)14-11-19(8-9-21-14)10-12-4-2-1-3-5-12/h1-5,14H,6-11H2. The molecule has 0 aliphatic carbocycles. The predicted octanol–water partition coefficient (Wildman–Crippen LogP) is 2.80. The fraction of sp³-hybridized carbons (Fsp3) is 0.533. The third-order valence-electron chi connectivity index (χ3n) is 3.41. The number of halogens is 3. The first-order chi connectivity index (χ1) is 9.94. The highest BCUT2D eigenvalue weighted by molar-refractivity contribution is 5.83. The van der Waals surface area contributed by atoms with Gasteiger partial charge >= 0.3 is 6.18 Å². The van der Waals surface area contributed by atoms with Gasteiger partial charge in [0, 0.05) is 26.1 Å². The zero-order valence-electron chi connectivity index (χ0n) is 11.6. The lowest BCUT2D eigenvalue weighted by Gasteiger charge is -2.32. The number of ketones is 1. The van der Waals surface area contributed by atoms with Gasteiger partial charge in [0.25, 0.3) is 0 Å². The molecule has 1 unspecified atom stereocenters. The van der Waals surface area contributed by atoms with E-state index < -0.39 is 30.9 Å². The Hall–Kier alpha value is -1.40. The van der Waals surface area contributed by atoms with Gasteiger partial charge in [-0.3, -0.25) is 9.69 Å². The molecule has 0 radical (unpaired) electrons. The molecule has 1 saturated heterocycles. The number of benzene rings is 1. The summed E-state index contributed by atoms with van der Waals surface area (Å²) in [5.74, 6) is -0.468. The highest BCUT2D eigenvalue weighted by Gasteiger charge is 2.32. The summed E-state index contributed by atoms with van der Waals surface area (Å²) >= 11 is 0. The van der Waals surface area contributed by atoms with E-state index in [1.165, 1.54) is 0 Å². The minimum absolute atomic E-state index is 0.353. The minimum atomic E-state index is -4.30. The maximum absolute atomic E-state index is 12.1. The summed E-state index contributed by atoms with van der Waals surface area (Å²) < 4.78 is 41.7. The van der Waals surface area contributed by atoms with E-state index in [9.17, 15) is 18.0 Å². The molecule has 21 heavy (non-hydrogen) atoms. The van der Waals surface area contributed by atoms with Crippen molar-refractivity contribution in [3.63, 3.8) is 0 Å². The molecule has 1 aromatic rings. The maximum atomic E-state index is 12.1.